The summed E-state index contributed by atoms with van der Waals surface area (Å²) >= 11 is 0. The molecule has 0 N–H and O–H groups in total. The van der Waals surface area contributed by atoms with Crippen LogP contribution in [-0.2, 0) is 80.8 Å². The molecule has 0 aromatic heterocycles. The third kappa shape index (κ3) is 8.82. The molecule has 1 radical (unpaired) electrons. The molecule has 0 saturated heterocycles. The van der Waals surface area contributed by atoms with Gasteiger partial charge in [0, 0.05) is 80.8 Å². The Hall–Kier alpha value is 2.61. The van der Waals surface area contributed by atoms with E-state index in [4.69, 9.17) is 0 Å². The van der Waals surface area contributed by atoms with E-state index in [9.17, 15) is 0 Å². The molecule has 0 rings (SSSR count). The van der Waals surface area contributed by atoms with Crippen LogP contribution >= 0.6 is 0 Å². The molecule has 0 spiro atoms. The first-order valence-corrected chi connectivity index (χ1v) is 0. The van der Waals surface area contributed by atoms with E-state index < -0.39 is 0 Å². The van der Waals surface area contributed by atoms with E-state index in [1.165, 1.54) is 0 Å². The van der Waals surface area contributed by atoms with Gasteiger partial charge in [-0.05, 0) is 0 Å². The van der Waals surface area contributed by atoms with Gasteiger partial charge >= 0.3 is 0 Å². The third-order valence-electron chi connectivity index (χ3n) is 0. The molecule has 0 aliphatic heterocycles. The summed E-state index contributed by atoms with van der Waals surface area (Å²) in [7, 11) is 0. The van der Waals surface area contributed by atoms with Crippen molar-refractivity contribution in [3.8, 4) is 0 Å². The summed E-state index contributed by atoms with van der Waals surface area (Å²) in [5.74, 6) is 0. The van der Waals surface area contributed by atoms with Gasteiger partial charge < -0.3 is 0 Å². The van der Waals surface area contributed by atoms with Crippen molar-refractivity contribution < 1.29 is 80.8 Å². The molecular weight excluding hydrogens is 304 g/mol. The van der Waals surface area contributed by atoms with Crippen molar-refractivity contribution >= 4 is 0 Å². The fourth-order valence-electron chi connectivity index (χ4n) is 0. The number of rotatable bonds is 0. The van der Waals surface area contributed by atoms with Gasteiger partial charge in [-0.1, -0.05) is 0 Å². The van der Waals surface area contributed by atoms with Crippen molar-refractivity contribution in [2.45, 2.75) is 0 Å². The van der Waals surface area contributed by atoms with Crippen molar-refractivity contribution in [2.24, 2.45) is 0 Å². The van der Waals surface area contributed by atoms with E-state index in [0.717, 1.165) is 0 Å². The van der Waals surface area contributed by atoms with E-state index in [2.05, 4.69) is 0 Å². The van der Waals surface area contributed by atoms with Gasteiger partial charge in [0.2, 0.25) is 0 Å². The normalized spacial score (nSPS) is 0. The van der Waals surface area contributed by atoms with Crippen molar-refractivity contribution in [3.05, 3.63) is 0 Å². The van der Waals surface area contributed by atoms with Crippen LogP contribution in [0.1, 0.15) is 0 Å². The van der Waals surface area contributed by atoms with Crippen molar-refractivity contribution in [2.75, 3.05) is 0 Å². The fourth-order valence-corrected chi connectivity index (χ4v) is 0. The maximum absolute atomic E-state index is 0. The molecule has 0 aliphatic rings. The van der Waals surface area contributed by atoms with Gasteiger partial charge in [0.15, 0.2) is 0 Å². The number of hydrogen-bond acceptors (Lipinski definition) is 0. The minimum atomic E-state index is 0. The largest absolute Gasteiger partial charge is 0 e. The van der Waals surface area contributed by atoms with Gasteiger partial charge in [-0.25, -0.2) is 0 Å². The van der Waals surface area contributed by atoms with Gasteiger partial charge in [0.1, 0.15) is 0 Å². The molecule has 0 saturated carbocycles. The summed E-state index contributed by atoms with van der Waals surface area (Å²) in [6, 6.07) is 0. The molecule has 0 atom stereocenters. The Labute approximate surface area is 79.7 Å². The summed E-state index contributed by atoms with van der Waals surface area (Å²) in [5.41, 5.74) is 0. The number of hydrogen-bond donors (Lipinski definition) is 0. The standard InChI is InChI=1S/Ag.3Zn. The smallest absolute Gasteiger partial charge is 0 e. The molecule has 0 bridgehead atoms. The Morgan fingerprint density at radius 1 is 0.500 bits per heavy atom. The second-order valence-electron chi connectivity index (χ2n) is 0. The zero-order chi connectivity index (χ0) is 0. The molecule has 4 heavy (non-hydrogen) atoms. The maximum atomic E-state index is 0. The molecule has 0 fully saturated rings. The summed E-state index contributed by atoms with van der Waals surface area (Å²) in [5, 5.41) is 0. The van der Waals surface area contributed by atoms with Crippen LogP contribution in [-0.4, -0.2) is 0 Å². The minimum Gasteiger partial charge on any atom is 0 e. The van der Waals surface area contributed by atoms with E-state index in [1.54, 1.807) is 0 Å². The molecular formula is AgZn3. The van der Waals surface area contributed by atoms with Gasteiger partial charge in [-0.2, -0.15) is 0 Å². The average molecular weight is 304 g/mol. The summed E-state index contributed by atoms with van der Waals surface area (Å²) in [4.78, 5) is 0. The fraction of sp³-hybridized carbons (Fsp3) is 0. The van der Waals surface area contributed by atoms with E-state index in [0.29, 0.717) is 0 Å². The second-order valence-corrected chi connectivity index (χ2v) is 0. The van der Waals surface area contributed by atoms with Crippen molar-refractivity contribution in [1.82, 2.24) is 0 Å². The van der Waals surface area contributed by atoms with Crippen molar-refractivity contribution in [1.29, 1.82) is 0 Å². The van der Waals surface area contributed by atoms with Gasteiger partial charge in [0.05, 0.1) is 0 Å². The van der Waals surface area contributed by atoms with Gasteiger partial charge in [0.25, 0.3) is 0 Å². The van der Waals surface area contributed by atoms with Crippen LogP contribution in [0.3, 0.4) is 0 Å². The first-order valence-electron chi connectivity index (χ1n) is 0. The van der Waals surface area contributed by atoms with Gasteiger partial charge in [-0.3, -0.25) is 0 Å². The average Bonchev–Trinajstić information content (AvgIpc) is 0. The molecule has 0 aromatic carbocycles. The predicted octanol–water partition coefficient (Wildman–Crippen LogP) is -0.0100. The molecule has 0 aromatic rings. The zero-order valence-corrected chi connectivity index (χ0v) is 12.8. The molecule has 0 amide bonds. The van der Waals surface area contributed by atoms with Crippen LogP contribution in [0.15, 0.2) is 0 Å². The molecule has 0 unspecified atom stereocenters. The van der Waals surface area contributed by atoms with Crippen LogP contribution in [0.5, 0.6) is 0 Å². The SMILES string of the molecule is [Ag].[Zn].[Zn].[Zn]. The molecule has 0 heterocycles. The summed E-state index contributed by atoms with van der Waals surface area (Å²) in [6.07, 6.45) is 0. The Morgan fingerprint density at radius 2 is 0.500 bits per heavy atom. The molecule has 0 nitrogen and oxygen atoms in total. The Morgan fingerprint density at radius 3 is 0.500 bits per heavy atom. The Bertz CT molecular complexity index is 3.25. The van der Waals surface area contributed by atoms with E-state index in [1.807, 2.05) is 0 Å². The Balaban J connectivity index is 0. The van der Waals surface area contributed by atoms with Crippen LogP contribution in [0.2, 0.25) is 0 Å². The van der Waals surface area contributed by atoms with E-state index >= 15 is 0 Å². The van der Waals surface area contributed by atoms with Crippen LogP contribution in [0, 0.1) is 0 Å². The topological polar surface area (TPSA) is 0 Å². The van der Waals surface area contributed by atoms with Crippen LogP contribution in [0.4, 0.5) is 0 Å². The first kappa shape index (κ1) is 30.5. The van der Waals surface area contributed by atoms with Crippen molar-refractivity contribution in [3.63, 3.8) is 0 Å². The third-order valence-corrected chi connectivity index (χ3v) is 0. The quantitative estimate of drug-likeness (QED) is 0.552. The second kappa shape index (κ2) is 17.5. The molecule has 17 valence electrons. The predicted molar refractivity (Wildman–Crippen MR) is 0 cm³/mol. The first-order chi connectivity index (χ1) is 0. The summed E-state index contributed by atoms with van der Waals surface area (Å²) < 4.78 is 0. The monoisotopic (exact) mass is 299 g/mol. The molecule has 0 aliphatic carbocycles. The molecule has 4 heteroatoms. The Kier molecular flexibility index (Phi) is 134. The van der Waals surface area contributed by atoms with Gasteiger partial charge in [-0.15, -0.1) is 0 Å². The van der Waals surface area contributed by atoms with Crippen LogP contribution in [0.25, 0.3) is 0 Å². The maximum Gasteiger partial charge on any atom is 0 e. The zero-order valence-electron chi connectivity index (χ0n) is 2.42. The van der Waals surface area contributed by atoms with Crippen LogP contribution < -0.4 is 0 Å². The summed E-state index contributed by atoms with van der Waals surface area (Å²) in [6.45, 7) is 0. The minimum absolute atomic E-state index is 0. The van der Waals surface area contributed by atoms with E-state index in [-0.39, 0.29) is 80.8 Å².